The number of carbonyl (C=O) groups excluding carboxylic acids is 1. The number of anilines is 1. The molecule has 174 valence electrons. The first-order valence-corrected chi connectivity index (χ1v) is 12.5. The van der Waals surface area contributed by atoms with Gasteiger partial charge >= 0.3 is 0 Å². The predicted octanol–water partition coefficient (Wildman–Crippen LogP) is 5.15. The number of nitrogens with zero attached hydrogens (tertiary/aromatic N) is 2. The molecule has 1 saturated heterocycles. The quantitative estimate of drug-likeness (QED) is 0.364. The number of hydrogen-bond donors (Lipinski definition) is 3. The maximum atomic E-state index is 13.0. The maximum absolute atomic E-state index is 13.0. The monoisotopic (exact) mass is 471 g/mol. The van der Waals surface area contributed by atoms with E-state index in [1.807, 2.05) is 48.7 Å². The van der Waals surface area contributed by atoms with Crippen molar-refractivity contribution in [3.63, 3.8) is 0 Å². The summed E-state index contributed by atoms with van der Waals surface area (Å²) in [5.74, 6) is -0.0694. The highest BCUT2D eigenvalue weighted by molar-refractivity contribution is 7.12. The number of aryl methyl sites for hydroxylation is 1. The number of aromatic nitrogens is 2. The second-order valence-electron chi connectivity index (χ2n) is 8.82. The van der Waals surface area contributed by atoms with Crippen LogP contribution in [0.2, 0.25) is 0 Å². The SMILES string of the molecule is Cc1ccsc1C(=O)Nc1cc(CN2CCNC[C@H]2C)ccc1C=Cc1n[nH]c2ccccc12. The van der Waals surface area contributed by atoms with Gasteiger partial charge in [-0.2, -0.15) is 5.10 Å². The van der Waals surface area contributed by atoms with Crippen LogP contribution in [0.1, 0.15) is 39.0 Å². The second kappa shape index (κ2) is 9.93. The first-order valence-electron chi connectivity index (χ1n) is 11.6. The minimum Gasteiger partial charge on any atom is -0.321 e. The summed E-state index contributed by atoms with van der Waals surface area (Å²) in [5.41, 5.74) is 5.83. The fourth-order valence-electron chi connectivity index (χ4n) is 4.37. The van der Waals surface area contributed by atoms with Crippen LogP contribution in [0.3, 0.4) is 0 Å². The molecule has 0 bridgehead atoms. The molecule has 1 atom stereocenters. The highest BCUT2D eigenvalue weighted by Crippen LogP contribution is 2.26. The van der Waals surface area contributed by atoms with Gasteiger partial charge in [0.25, 0.3) is 5.91 Å². The van der Waals surface area contributed by atoms with Crippen molar-refractivity contribution in [2.45, 2.75) is 26.4 Å². The normalized spacial score (nSPS) is 16.9. The van der Waals surface area contributed by atoms with Crippen molar-refractivity contribution in [1.29, 1.82) is 0 Å². The Balaban J connectivity index is 1.45. The van der Waals surface area contributed by atoms with E-state index >= 15 is 0 Å². The topological polar surface area (TPSA) is 73.1 Å². The number of aromatic amines is 1. The number of nitrogens with one attached hydrogen (secondary N) is 3. The summed E-state index contributed by atoms with van der Waals surface area (Å²) >= 11 is 1.47. The Hall–Kier alpha value is -3.26. The molecular weight excluding hydrogens is 442 g/mol. The van der Waals surface area contributed by atoms with Crippen molar-refractivity contribution >= 4 is 46.0 Å². The molecule has 0 radical (unpaired) electrons. The van der Waals surface area contributed by atoms with Gasteiger partial charge in [0.15, 0.2) is 0 Å². The van der Waals surface area contributed by atoms with Gasteiger partial charge in [-0.3, -0.25) is 14.8 Å². The van der Waals surface area contributed by atoms with Gasteiger partial charge in [0.05, 0.1) is 16.1 Å². The zero-order chi connectivity index (χ0) is 23.5. The van der Waals surface area contributed by atoms with Crippen molar-refractivity contribution in [2.75, 3.05) is 25.0 Å². The molecule has 2 aromatic heterocycles. The van der Waals surface area contributed by atoms with E-state index in [4.69, 9.17) is 0 Å². The van der Waals surface area contributed by atoms with Gasteiger partial charge in [-0.1, -0.05) is 36.4 Å². The summed E-state index contributed by atoms with van der Waals surface area (Å²) in [5, 5.41) is 17.2. The third-order valence-corrected chi connectivity index (χ3v) is 7.39. The number of H-pyrrole nitrogens is 1. The van der Waals surface area contributed by atoms with E-state index in [0.29, 0.717) is 6.04 Å². The van der Waals surface area contributed by atoms with Crippen LogP contribution in [-0.4, -0.2) is 46.7 Å². The average molecular weight is 472 g/mol. The average Bonchev–Trinajstić information content (AvgIpc) is 3.46. The lowest BCUT2D eigenvalue weighted by Crippen LogP contribution is -2.49. The van der Waals surface area contributed by atoms with Crippen LogP contribution in [0, 0.1) is 6.92 Å². The first kappa shape index (κ1) is 22.5. The molecule has 0 unspecified atom stereocenters. The van der Waals surface area contributed by atoms with E-state index in [2.05, 4.69) is 56.9 Å². The number of piperazine rings is 1. The maximum Gasteiger partial charge on any atom is 0.266 e. The number of carbonyl (C=O) groups is 1. The molecule has 0 saturated carbocycles. The summed E-state index contributed by atoms with van der Waals surface area (Å²) in [6.45, 7) is 8.10. The summed E-state index contributed by atoms with van der Waals surface area (Å²) in [4.78, 5) is 16.3. The van der Waals surface area contributed by atoms with Gasteiger partial charge in [0.2, 0.25) is 0 Å². The molecule has 1 aliphatic heterocycles. The van der Waals surface area contributed by atoms with Crippen molar-refractivity contribution in [2.24, 2.45) is 0 Å². The fraction of sp³-hybridized carbons (Fsp3) is 0.259. The van der Waals surface area contributed by atoms with Crippen LogP contribution in [-0.2, 0) is 6.54 Å². The number of amides is 1. The third-order valence-electron chi connectivity index (χ3n) is 6.38. The Bertz CT molecular complexity index is 1340. The lowest BCUT2D eigenvalue weighted by Gasteiger charge is -2.34. The molecule has 34 heavy (non-hydrogen) atoms. The van der Waals surface area contributed by atoms with Crippen molar-refractivity contribution < 1.29 is 4.79 Å². The standard InChI is InChI=1S/C27H29N5OS/c1-18-11-14-34-26(18)27(33)29-25-15-20(17-32-13-12-28-16-19(32)2)7-8-21(25)9-10-24-22-5-3-4-6-23(22)30-31-24/h3-11,14-15,19,28H,12-13,16-17H2,1-2H3,(H,29,33)(H,30,31)/t19-/m1/s1. The molecule has 2 aromatic carbocycles. The Morgan fingerprint density at radius 2 is 2.12 bits per heavy atom. The summed E-state index contributed by atoms with van der Waals surface area (Å²) < 4.78 is 0. The molecule has 7 heteroatoms. The highest BCUT2D eigenvalue weighted by atomic mass is 32.1. The Morgan fingerprint density at radius 1 is 1.24 bits per heavy atom. The molecular formula is C27H29N5OS. The fourth-order valence-corrected chi connectivity index (χ4v) is 5.19. The van der Waals surface area contributed by atoms with E-state index < -0.39 is 0 Å². The summed E-state index contributed by atoms with van der Waals surface area (Å²) in [6.07, 6.45) is 4.02. The Morgan fingerprint density at radius 3 is 2.94 bits per heavy atom. The lowest BCUT2D eigenvalue weighted by molar-refractivity contribution is 0.103. The van der Waals surface area contributed by atoms with Gasteiger partial charge in [0, 0.05) is 43.3 Å². The Kier molecular flexibility index (Phi) is 6.58. The van der Waals surface area contributed by atoms with Crippen LogP contribution < -0.4 is 10.6 Å². The van der Waals surface area contributed by atoms with Crippen molar-refractivity contribution in [3.05, 3.63) is 81.2 Å². The van der Waals surface area contributed by atoms with Gasteiger partial charge < -0.3 is 10.6 Å². The summed E-state index contributed by atoms with van der Waals surface area (Å²) in [7, 11) is 0. The van der Waals surface area contributed by atoms with Gasteiger partial charge in [0.1, 0.15) is 0 Å². The highest BCUT2D eigenvalue weighted by Gasteiger charge is 2.19. The van der Waals surface area contributed by atoms with Crippen LogP contribution in [0.15, 0.2) is 53.9 Å². The van der Waals surface area contributed by atoms with Crippen LogP contribution in [0.4, 0.5) is 5.69 Å². The lowest BCUT2D eigenvalue weighted by atomic mass is 10.1. The molecule has 4 aromatic rings. The smallest absolute Gasteiger partial charge is 0.266 e. The van der Waals surface area contributed by atoms with Crippen molar-refractivity contribution in [3.8, 4) is 0 Å². The van der Waals surface area contributed by atoms with E-state index in [-0.39, 0.29) is 5.91 Å². The van der Waals surface area contributed by atoms with Crippen molar-refractivity contribution in [1.82, 2.24) is 20.4 Å². The minimum absolute atomic E-state index is 0.0694. The zero-order valence-electron chi connectivity index (χ0n) is 19.5. The van der Waals surface area contributed by atoms with Gasteiger partial charge in [-0.05, 0) is 60.2 Å². The number of fused-ring (bicyclic) bond motifs is 1. The molecule has 1 fully saturated rings. The minimum atomic E-state index is -0.0694. The zero-order valence-corrected chi connectivity index (χ0v) is 20.3. The number of rotatable bonds is 6. The largest absolute Gasteiger partial charge is 0.321 e. The molecule has 0 aliphatic carbocycles. The molecule has 5 rings (SSSR count). The second-order valence-corrected chi connectivity index (χ2v) is 9.74. The number of para-hydroxylation sites is 1. The van der Waals surface area contributed by atoms with Crippen LogP contribution >= 0.6 is 11.3 Å². The molecule has 3 N–H and O–H groups in total. The summed E-state index contributed by atoms with van der Waals surface area (Å²) in [6, 6.07) is 16.9. The molecule has 3 heterocycles. The van der Waals surface area contributed by atoms with Crippen LogP contribution in [0.5, 0.6) is 0 Å². The van der Waals surface area contributed by atoms with E-state index in [1.165, 1.54) is 16.9 Å². The number of benzene rings is 2. The van der Waals surface area contributed by atoms with Gasteiger partial charge in [-0.15, -0.1) is 11.3 Å². The number of hydrogen-bond acceptors (Lipinski definition) is 5. The molecule has 0 spiro atoms. The predicted molar refractivity (Wildman–Crippen MR) is 141 cm³/mol. The van der Waals surface area contributed by atoms with E-state index in [0.717, 1.165) is 64.5 Å². The van der Waals surface area contributed by atoms with E-state index in [9.17, 15) is 4.79 Å². The van der Waals surface area contributed by atoms with Gasteiger partial charge in [-0.25, -0.2) is 0 Å². The number of thiophene rings is 1. The Labute approximate surface area is 203 Å². The van der Waals surface area contributed by atoms with Crippen LogP contribution in [0.25, 0.3) is 23.1 Å². The molecule has 1 amide bonds. The first-order chi connectivity index (χ1) is 16.6. The van der Waals surface area contributed by atoms with E-state index in [1.54, 1.807) is 0 Å². The molecule has 1 aliphatic rings. The molecule has 6 nitrogen and oxygen atoms in total. The third kappa shape index (κ3) is 4.82.